The molecule has 0 saturated carbocycles. The first kappa shape index (κ1) is 31.9. The summed E-state index contributed by atoms with van der Waals surface area (Å²) < 4.78 is 35.3. The molecule has 0 aromatic heterocycles. The van der Waals surface area contributed by atoms with Crippen LogP contribution < -0.4 is 0 Å². The molecular weight excluding hydrogens is 588 g/mol. The second kappa shape index (κ2) is 13.2. The van der Waals surface area contributed by atoms with Gasteiger partial charge in [-0.25, -0.2) is 4.79 Å². The molecule has 15 heteroatoms. The summed E-state index contributed by atoms with van der Waals surface area (Å²) in [6, 6.07) is 7.92. The van der Waals surface area contributed by atoms with Gasteiger partial charge >= 0.3 is 5.97 Å². The molecule has 8 N–H and O–H groups in total. The minimum absolute atomic E-state index is 0.0760. The Balaban J connectivity index is 1.43. The molecule has 0 radical (unpaired) electrons. The van der Waals surface area contributed by atoms with Gasteiger partial charge in [0, 0.05) is 6.08 Å². The van der Waals surface area contributed by atoms with Gasteiger partial charge in [0.25, 0.3) is 0 Å². The summed E-state index contributed by atoms with van der Waals surface area (Å²) in [4.78, 5) is 13.0. The third-order valence-corrected chi connectivity index (χ3v) is 7.64. The van der Waals surface area contributed by atoms with E-state index in [1.165, 1.54) is 49.4 Å². The van der Waals surface area contributed by atoms with Crippen LogP contribution in [-0.4, -0.2) is 121 Å². The highest BCUT2D eigenvalue weighted by Gasteiger charge is 2.55. The number of hydrogen-bond acceptors (Lipinski definition) is 15. The van der Waals surface area contributed by atoms with Gasteiger partial charge in [0.15, 0.2) is 41.7 Å². The Kier molecular flexibility index (Phi) is 9.59. The van der Waals surface area contributed by atoms with Crippen LogP contribution in [0.25, 0.3) is 6.08 Å². The number of phenols is 4. The average Bonchev–Trinajstić information content (AvgIpc) is 3.01. The van der Waals surface area contributed by atoms with E-state index in [0.29, 0.717) is 11.1 Å². The average molecular weight is 623 g/mol. The summed E-state index contributed by atoms with van der Waals surface area (Å²) in [6.45, 7) is 0.713. The third kappa shape index (κ3) is 6.61. The summed E-state index contributed by atoms with van der Waals surface area (Å²) in [5.74, 6) is -2.43. The number of carbonyl (C=O) groups is 1. The molecule has 15 nitrogen and oxygen atoms in total. The predicted octanol–water partition coefficient (Wildman–Crippen LogP) is -0.479. The van der Waals surface area contributed by atoms with Crippen LogP contribution in [0.2, 0.25) is 0 Å². The van der Waals surface area contributed by atoms with Crippen LogP contribution >= 0.6 is 0 Å². The smallest absolute Gasteiger partial charge is 0.331 e. The molecule has 2 aromatic carbocycles. The molecule has 2 aromatic rings. The van der Waals surface area contributed by atoms with Gasteiger partial charge in [-0.15, -0.1) is 0 Å². The molecule has 3 fully saturated rings. The molecule has 3 aliphatic heterocycles. The first-order valence-electron chi connectivity index (χ1n) is 13.8. The number of fused-ring (bicyclic) bond motifs is 1. The maximum atomic E-state index is 13.0. The summed E-state index contributed by atoms with van der Waals surface area (Å²) in [5, 5.41) is 80.3. The van der Waals surface area contributed by atoms with E-state index in [1.807, 2.05) is 0 Å². The van der Waals surface area contributed by atoms with E-state index in [-0.39, 0.29) is 18.1 Å². The zero-order valence-corrected chi connectivity index (χ0v) is 23.3. The van der Waals surface area contributed by atoms with Gasteiger partial charge in [-0.2, -0.15) is 0 Å². The zero-order chi connectivity index (χ0) is 31.7. The highest BCUT2D eigenvalue weighted by molar-refractivity contribution is 5.87. The standard InChI is InChI=1S/C29H34O15/c1-12-22(36)23(37)24(38)28(40-12)44-26-25(43-21(35)7-3-13-2-5-15(31)17(33)8-13)19(10-30)42-29-27(26)41-20(11-39-29)14-4-6-16(32)18(34)9-14/h2-9,12,19-20,22-34,36-38H,10-11H2,1H3/b7-3+/t12-,19+,20+,22-,23+,24+,25+,26-,27?,28-,29+/m0/s1. The summed E-state index contributed by atoms with van der Waals surface area (Å²) in [6.07, 6.45) is -12.2. The van der Waals surface area contributed by atoms with Gasteiger partial charge in [-0.05, 0) is 48.4 Å². The lowest BCUT2D eigenvalue weighted by Gasteiger charge is -2.50. The molecule has 0 aliphatic carbocycles. The molecule has 1 unspecified atom stereocenters. The third-order valence-electron chi connectivity index (χ3n) is 7.64. The van der Waals surface area contributed by atoms with E-state index >= 15 is 0 Å². The second-order valence-corrected chi connectivity index (χ2v) is 10.7. The van der Waals surface area contributed by atoms with Crippen molar-refractivity contribution >= 4 is 12.0 Å². The molecule has 44 heavy (non-hydrogen) atoms. The van der Waals surface area contributed by atoms with E-state index in [1.54, 1.807) is 0 Å². The normalized spacial score (nSPS) is 35.7. The molecule has 5 rings (SSSR count). The van der Waals surface area contributed by atoms with E-state index in [2.05, 4.69) is 0 Å². The Morgan fingerprint density at radius 3 is 2.27 bits per heavy atom. The predicted molar refractivity (Wildman–Crippen MR) is 145 cm³/mol. The lowest BCUT2D eigenvalue weighted by molar-refractivity contribution is -0.384. The molecule has 3 aliphatic rings. The molecule has 0 amide bonds. The van der Waals surface area contributed by atoms with E-state index in [0.717, 1.165) is 6.08 Å². The Morgan fingerprint density at radius 1 is 0.886 bits per heavy atom. The first-order valence-corrected chi connectivity index (χ1v) is 13.8. The van der Waals surface area contributed by atoms with Crippen molar-refractivity contribution in [2.45, 2.75) is 74.4 Å². The van der Waals surface area contributed by atoms with Crippen LogP contribution in [0.5, 0.6) is 23.0 Å². The van der Waals surface area contributed by atoms with Crippen molar-refractivity contribution in [1.29, 1.82) is 0 Å². The van der Waals surface area contributed by atoms with Crippen molar-refractivity contribution in [3.8, 4) is 23.0 Å². The Hall–Kier alpha value is -3.51. The number of esters is 1. The van der Waals surface area contributed by atoms with Crippen molar-refractivity contribution in [3.05, 3.63) is 53.6 Å². The molecular formula is C29H34O15. The zero-order valence-electron chi connectivity index (χ0n) is 23.3. The minimum Gasteiger partial charge on any atom is -0.504 e. The fourth-order valence-corrected chi connectivity index (χ4v) is 5.19. The van der Waals surface area contributed by atoms with Gasteiger partial charge in [0.05, 0.1) is 19.3 Å². The second-order valence-electron chi connectivity index (χ2n) is 10.7. The Bertz CT molecular complexity index is 1350. The van der Waals surface area contributed by atoms with Crippen LogP contribution in [0.4, 0.5) is 0 Å². The van der Waals surface area contributed by atoms with Crippen molar-refractivity contribution in [2.75, 3.05) is 13.2 Å². The highest BCUT2D eigenvalue weighted by atomic mass is 16.8. The molecule has 0 spiro atoms. The Morgan fingerprint density at radius 2 is 1.59 bits per heavy atom. The molecule has 240 valence electrons. The number of aliphatic hydroxyl groups is 4. The molecule has 0 bridgehead atoms. The molecule has 3 heterocycles. The van der Waals surface area contributed by atoms with Gasteiger partial charge in [0.1, 0.15) is 42.7 Å². The summed E-state index contributed by atoms with van der Waals surface area (Å²) >= 11 is 0. The van der Waals surface area contributed by atoms with Gasteiger partial charge in [-0.1, -0.05) is 12.1 Å². The number of ether oxygens (including phenoxy) is 6. The topological polar surface area (TPSA) is 234 Å². The summed E-state index contributed by atoms with van der Waals surface area (Å²) in [7, 11) is 0. The van der Waals surface area contributed by atoms with Crippen molar-refractivity contribution in [1.82, 2.24) is 0 Å². The number of benzene rings is 2. The van der Waals surface area contributed by atoms with Crippen molar-refractivity contribution < 1.29 is 74.1 Å². The number of aromatic hydroxyl groups is 4. The first-order chi connectivity index (χ1) is 21.0. The number of phenolic OH excluding ortho intramolecular Hbond substituents is 4. The number of aliphatic hydroxyl groups excluding tert-OH is 4. The minimum atomic E-state index is -1.73. The van der Waals surface area contributed by atoms with Crippen molar-refractivity contribution in [3.63, 3.8) is 0 Å². The molecule has 3 saturated heterocycles. The van der Waals surface area contributed by atoms with Crippen LogP contribution in [0.3, 0.4) is 0 Å². The fraction of sp³-hybridized carbons (Fsp3) is 0.483. The SMILES string of the molecule is C[C@@H]1O[C@@H](O[C@@H]2C3O[C@@H](c4ccc(O)c(O)c4)CO[C@@H]3O[C@H](CO)[C@H]2OC(=O)/C=C/c2ccc(O)c(O)c2)[C@H](O)[C@H](O)[C@H]1O. The number of carbonyl (C=O) groups excluding carboxylic acids is 1. The van der Waals surface area contributed by atoms with Gasteiger partial charge in [-0.3, -0.25) is 0 Å². The lowest BCUT2D eigenvalue weighted by Crippen LogP contribution is -2.66. The quantitative estimate of drug-likeness (QED) is 0.111. The van der Waals surface area contributed by atoms with Crippen LogP contribution in [0, 0.1) is 0 Å². The number of hydrogen-bond donors (Lipinski definition) is 8. The highest BCUT2D eigenvalue weighted by Crippen LogP contribution is 2.39. The summed E-state index contributed by atoms with van der Waals surface area (Å²) in [5.41, 5.74) is 0.768. The van der Waals surface area contributed by atoms with Crippen LogP contribution in [0.15, 0.2) is 42.5 Å². The maximum Gasteiger partial charge on any atom is 0.331 e. The lowest BCUT2D eigenvalue weighted by atomic mass is 9.95. The van der Waals surface area contributed by atoms with E-state index in [9.17, 15) is 45.6 Å². The molecule has 11 atom stereocenters. The van der Waals surface area contributed by atoms with Crippen LogP contribution in [-0.2, 0) is 33.2 Å². The largest absolute Gasteiger partial charge is 0.504 e. The maximum absolute atomic E-state index is 13.0. The van der Waals surface area contributed by atoms with Crippen LogP contribution in [0.1, 0.15) is 24.2 Å². The van der Waals surface area contributed by atoms with E-state index < -0.39 is 91.6 Å². The van der Waals surface area contributed by atoms with E-state index in [4.69, 9.17) is 28.4 Å². The van der Waals surface area contributed by atoms with Crippen molar-refractivity contribution in [2.24, 2.45) is 0 Å². The fourth-order valence-electron chi connectivity index (χ4n) is 5.19. The number of rotatable bonds is 7. The van der Waals surface area contributed by atoms with Gasteiger partial charge < -0.3 is 69.3 Å². The van der Waals surface area contributed by atoms with Gasteiger partial charge in [0.2, 0.25) is 0 Å². The Labute approximate surface area is 250 Å². The monoisotopic (exact) mass is 622 g/mol.